The Morgan fingerprint density at radius 3 is 1.86 bits per heavy atom. The molecule has 0 aliphatic rings. The Hall–Kier alpha value is -7.16. The highest BCUT2D eigenvalue weighted by Crippen LogP contribution is 2.40. The molecule has 1 aromatic heterocycles. The van der Waals surface area contributed by atoms with Gasteiger partial charge < -0.3 is 9.47 Å². The van der Waals surface area contributed by atoms with Gasteiger partial charge in [-0.2, -0.15) is 0 Å². The average molecular weight is 749 g/mol. The quantitative estimate of drug-likeness (QED) is 0.0842. The molecule has 0 radical (unpaired) electrons. The van der Waals surface area contributed by atoms with Crippen molar-refractivity contribution < 1.29 is 0 Å². The lowest BCUT2D eigenvalue weighted by Gasteiger charge is -2.26. The lowest BCUT2D eigenvalue weighted by molar-refractivity contribution is 1.10. The molecule has 0 aliphatic carbocycles. The summed E-state index contributed by atoms with van der Waals surface area (Å²) < 4.78 is 2.34. The van der Waals surface area contributed by atoms with Crippen molar-refractivity contribution in [3.63, 3.8) is 0 Å². The van der Waals surface area contributed by atoms with Crippen LogP contribution in [0.25, 0.3) is 50.0 Å². The second-order valence-electron chi connectivity index (χ2n) is 14.6. The number of nitrogens with zero attached hydrogens (tertiary/aromatic N) is 2. The highest BCUT2D eigenvalue weighted by Gasteiger charge is 2.17. The predicted molar refractivity (Wildman–Crippen MR) is 249 cm³/mol. The molecule has 0 saturated carbocycles. The molecule has 0 N–H and O–H groups in total. The van der Waals surface area contributed by atoms with Crippen LogP contribution >= 0.6 is 0 Å². The molecule has 0 unspecified atom stereocenters. The van der Waals surface area contributed by atoms with Gasteiger partial charge in [0.2, 0.25) is 0 Å². The van der Waals surface area contributed by atoms with Crippen LogP contribution in [0.1, 0.15) is 25.8 Å². The molecule has 0 aliphatic heterocycles. The fourth-order valence-corrected chi connectivity index (χ4v) is 7.78. The van der Waals surface area contributed by atoms with E-state index in [1.54, 1.807) is 0 Å². The Bertz CT molecular complexity index is 2730. The van der Waals surface area contributed by atoms with Crippen molar-refractivity contribution in [1.29, 1.82) is 0 Å². The van der Waals surface area contributed by atoms with Crippen LogP contribution in [0.4, 0.5) is 17.1 Å². The third kappa shape index (κ3) is 8.19. The van der Waals surface area contributed by atoms with E-state index in [1.807, 2.05) is 6.08 Å². The Balaban J connectivity index is 1.20. The smallest absolute Gasteiger partial charge is 0.0537 e. The average Bonchev–Trinajstić information content (AvgIpc) is 3.67. The lowest BCUT2D eigenvalue weighted by Crippen LogP contribution is -2.09. The summed E-state index contributed by atoms with van der Waals surface area (Å²) in [5.41, 5.74) is 16.6. The second kappa shape index (κ2) is 17.7. The molecular weight excluding hydrogens is 701 g/mol. The minimum atomic E-state index is 0.799. The molecule has 8 rings (SSSR count). The molecule has 2 heteroatoms. The van der Waals surface area contributed by atoms with Crippen LogP contribution in [0.5, 0.6) is 0 Å². The van der Waals surface area contributed by atoms with Crippen LogP contribution in [-0.2, 0) is 6.42 Å². The third-order valence-electron chi connectivity index (χ3n) is 10.8. The zero-order valence-electron chi connectivity index (χ0n) is 33.3. The fraction of sp³-hybridized carbons (Fsp3) is 0.0714. The summed E-state index contributed by atoms with van der Waals surface area (Å²) in [6.45, 7) is 8.25. The number of aromatic nitrogens is 1. The van der Waals surface area contributed by atoms with Crippen LogP contribution in [0, 0.1) is 0 Å². The maximum Gasteiger partial charge on any atom is 0.0537 e. The molecule has 0 bridgehead atoms. The summed E-state index contributed by atoms with van der Waals surface area (Å²) in [6, 6.07) is 65.3. The minimum absolute atomic E-state index is 0.799. The molecule has 0 spiro atoms. The monoisotopic (exact) mass is 748 g/mol. The van der Waals surface area contributed by atoms with E-state index in [1.165, 1.54) is 61.0 Å². The maximum atomic E-state index is 4.04. The van der Waals surface area contributed by atoms with E-state index in [0.29, 0.717) is 0 Å². The van der Waals surface area contributed by atoms with Crippen molar-refractivity contribution in [2.75, 3.05) is 4.90 Å². The Morgan fingerprint density at radius 2 is 1.16 bits per heavy atom. The largest absolute Gasteiger partial charge is 0.316 e. The van der Waals surface area contributed by atoms with Crippen molar-refractivity contribution in [3.05, 3.63) is 242 Å². The van der Waals surface area contributed by atoms with Gasteiger partial charge in [-0.1, -0.05) is 158 Å². The molecule has 2 nitrogen and oxygen atoms in total. The summed E-state index contributed by atoms with van der Waals surface area (Å²) in [6.07, 6.45) is 14.9. The molecule has 58 heavy (non-hydrogen) atoms. The Kier molecular flexibility index (Phi) is 11.6. The zero-order valence-corrected chi connectivity index (χ0v) is 33.3. The van der Waals surface area contributed by atoms with Gasteiger partial charge in [0.15, 0.2) is 0 Å². The SMILES string of the molecule is C=C/C(C)=C(/C=C\Cc1cn(-c2ccccc2)c2cccc(-c3cccc(N(c4ccccc4)c4ccc(-c5cccc(-c6ccccc6)c5)cc4)c3)c12)C/C=C\C. The molecule has 282 valence electrons. The number of hydrogen-bond donors (Lipinski definition) is 0. The number of allylic oxidation sites excluding steroid dienone is 7. The van der Waals surface area contributed by atoms with Gasteiger partial charge in [0.05, 0.1) is 5.52 Å². The van der Waals surface area contributed by atoms with Crippen molar-refractivity contribution in [2.24, 2.45) is 0 Å². The van der Waals surface area contributed by atoms with E-state index >= 15 is 0 Å². The van der Waals surface area contributed by atoms with Crippen LogP contribution < -0.4 is 4.90 Å². The predicted octanol–water partition coefficient (Wildman–Crippen LogP) is 15.7. The van der Waals surface area contributed by atoms with Gasteiger partial charge in [-0.15, -0.1) is 0 Å². The highest BCUT2D eigenvalue weighted by atomic mass is 15.1. The molecular formula is C56H48N2. The minimum Gasteiger partial charge on any atom is -0.316 e. The molecule has 8 aromatic rings. The van der Waals surface area contributed by atoms with Gasteiger partial charge in [0.25, 0.3) is 0 Å². The molecule has 0 saturated heterocycles. The molecule has 0 amide bonds. The van der Waals surface area contributed by atoms with Gasteiger partial charge in [-0.3, -0.25) is 0 Å². The van der Waals surface area contributed by atoms with E-state index in [0.717, 1.165) is 35.6 Å². The first-order valence-electron chi connectivity index (χ1n) is 20.1. The first-order valence-corrected chi connectivity index (χ1v) is 20.1. The number of para-hydroxylation sites is 2. The van der Waals surface area contributed by atoms with E-state index in [9.17, 15) is 0 Å². The summed E-state index contributed by atoms with van der Waals surface area (Å²) >= 11 is 0. The first kappa shape index (κ1) is 37.7. The van der Waals surface area contributed by atoms with Gasteiger partial charge in [0.1, 0.15) is 0 Å². The highest BCUT2D eigenvalue weighted by molar-refractivity contribution is 6.00. The number of benzene rings is 7. The molecule has 0 fully saturated rings. The van der Waals surface area contributed by atoms with Crippen LogP contribution in [-0.4, -0.2) is 4.57 Å². The van der Waals surface area contributed by atoms with E-state index < -0.39 is 0 Å². The standard InChI is InChI=1S/C56H48N2/c1-4-6-20-43(42(3)5-2)23-16-27-49-41-57(50-28-12-8-13-29-50)55-34-19-33-54(56(49)55)48-26-18-32-53(40-48)58(51-30-14-9-15-31-51)52-37-35-45(36-38-52)47-25-17-24-46(39-47)44-21-10-7-11-22-44/h4-19,21-26,28-41H,2,20,27H2,1,3H3/b6-4-,23-16-,43-42+. The van der Waals surface area contributed by atoms with E-state index in [4.69, 9.17) is 0 Å². The van der Waals surface area contributed by atoms with Gasteiger partial charge >= 0.3 is 0 Å². The number of rotatable bonds is 13. The topological polar surface area (TPSA) is 8.17 Å². The lowest BCUT2D eigenvalue weighted by atomic mass is 9.96. The summed E-state index contributed by atoms with van der Waals surface area (Å²) in [4.78, 5) is 2.35. The number of hydrogen-bond acceptors (Lipinski definition) is 1. The van der Waals surface area contributed by atoms with Crippen molar-refractivity contribution in [1.82, 2.24) is 4.57 Å². The van der Waals surface area contributed by atoms with Crippen molar-refractivity contribution in [2.45, 2.75) is 26.7 Å². The molecule has 7 aromatic carbocycles. The summed E-state index contributed by atoms with van der Waals surface area (Å²) in [5.74, 6) is 0. The van der Waals surface area contributed by atoms with Crippen molar-refractivity contribution in [3.8, 4) is 39.1 Å². The number of fused-ring (bicyclic) bond motifs is 1. The van der Waals surface area contributed by atoms with Gasteiger partial charge in [-0.25, -0.2) is 0 Å². The second-order valence-corrected chi connectivity index (χ2v) is 14.6. The van der Waals surface area contributed by atoms with E-state index in [-0.39, 0.29) is 0 Å². The summed E-state index contributed by atoms with van der Waals surface area (Å²) in [5, 5.41) is 1.26. The summed E-state index contributed by atoms with van der Waals surface area (Å²) in [7, 11) is 0. The van der Waals surface area contributed by atoms with Crippen LogP contribution in [0.2, 0.25) is 0 Å². The normalized spacial score (nSPS) is 12.0. The van der Waals surface area contributed by atoms with Gasteiger partial charge in [0, 0.05) is 34.3 Å². The van der Waals surface area contributed by atoms with Crippen LogP contribution in [0.15, 0.2) is 236 Å². The molecule has 1 heterocycles. The third-order valence-corrected chi connectivity index (χ3v) is 10.8. The zero-order chi connectivity index (χ0) is 39.7. The number of anilines is 3. The Labute approximate surface area is 343 Å². The molecule has 0 atom stereocenters. The van der Waals surface area contributed by atoms with E-state index in [2.05, 4.69) is 242 Å². The van der Waals surface area contributed by atoms with Crippen molar-refractivity contribution >= 4 is 28.0 Å². The van der Waals surface area contributed by atoms with Crippen LogP contribution in [0.3, 0.4) is 0 Å². The fourth-order valence-electron chi connectivity index (χ4n) is 7.78. The first-order chi connectivity index (χ1) is 28.6. The Morgan fingerprint density at radius 1 is 0.569 bits per heavy atom. The maximum absolute atomic E-state index is 4.04. The van der Waals surface area contributed by atoms with Gasteiger partial charge in [-0.05, 0) is 137 Å².